The monoisotopic (exact) mass is 329 g/mol. The molecular formula is C19H27N3O2. The first-order valence-electron chi connectivity index (χ1n) is 9.00. The number of nitrogens with one attached hydrogen (secondary N) is 2. The second-order valence-electron chi connectivity index (χ2n) is 7.02. The molecule has 2 heterocycles. The molecule has 3 rings (SSSR count). The topological polar surface area (TPSA) is 61.4 Å². The van der Waals surface area contributed by atoms with Crippen LogP contribution in [0.4, 0.5) is 0 Å². The molecule has 2 saturated heterocycles. The third-order valence-electron chi connectivity index (χ3n) is 5.22. The molecule has 2 amide bonds. The van der Waals surface area contributed by atoms with Crippen LogP contribution in [0, 0.1) is 0 Å². The molecule has 1 aromatic carbocycles. The predicted molar refractivity (Wildman–Crippen MR) is 94.1 cm³/mol. The molecule has 2 unspecified atom stereocenters. The Kier molecular flexibility index (Phi) is 5.19. The standard InChI is InChI=1S/C19H27N3O2/c1-3-9-20-18(23)13-5-4-6-14(10-13)19(24)22(2)17-11-15-7-8-16(12-17)21-15/h4-6,10,15-17,21H,3,7-9,11-12H2,1-2H3,(H,20,23). The highest BCUT2D eigenvalue weighted by Gasteiger charge is 2.36. The molecule has 130 valence electrons. The highest BCUT2D eigenvalue weighted by Crippen LogP contribution is 2.29. The summed E-state index contributed by atoms with van der Waals surface area (Å²) < 4.78 is 0. The highest BCUT2D eigenvalue weighted by molar-refractivity contribution is 5.99. The van der Waals surface area contributed by atoms with E-state index in [2.05, 4.69) is 10.6 Å². The van der Waals surface area contributed by atoms with E-state index >= 15 is 0 Å². The normalized spacial score (nSPS) is 25.3. The van der Waals surface area contributed by atoms with Gasteiger partial charge >= 0.3 is 0 Å². The first-order valence-corrected chi connectivity index (χ1v) is 9.00. The Morgan fingerprint density at radius 3 is 2.54 bits per heavy atom. The van der Waals surface area contributed by atoms with Crippen molar-refractivity contribution in [3.05, 3.63) is 35.4 Å². The lowest BCUT2D eigenvalue weighted by Crippen LogP contribution is -2.48. The maximum absolute atomic E-state index is 12.8. The quantitative estimate of drug-likeness (QED) is 0.870. The second kappa shape index (κ2) is 7.34. The average molecular weight is 329 g/mol. The molecule has 2 aliphatic heterocycles. The van der Waals surface area contributed by atoms with Crippen LogP contribution in [0.5, 0.6) is 0 Å². The van der Waals surface area contributed by atoms with Gasteiger partial charge in [-0.25, -0.2) is 0 Å². The van der Waals surface area contributed by atoms with E-state index in [1.54, 1.807) is 24.3 Å². The molecule has 0 saturated carbocycles. The zero-order chi connectivity index (χ0) is 17.1. The number of fused-ring (bicyclic) bond motifs is 2. The summed E-state index contributed by atoms with van der Waals surface area (Å²) in [5, 5.41) is 6.46. The van der Waals surface area contributed by atoms with Gasteiger partial charge in [0.05, 0.1) is 0 Å². The highest BCUT2D eigenvalue weighted by atomic mass is 16.2. The van der Waals surface area contributed by atoms with Crippen LogP contribution < -0.4 is 10.6 Å². The molecule has 1 aromatic rings. The molecule has 5 heteroatoms. The van der Waals surface area contributed by atoms with Crippen molar-refractivity contribution in [2.75, 3.05) is 13.6 Å². The van der Waals surface area contributed by atoms with Gasteiger partial charge in [0.25, 0.3) is 11.8 Å². The molecule has 2 aliphatic rings. The Morgan fingerprint density at radius 1 is 1.21 bits per heavy atom. The van der Waals surface area contributed by atoms with E-state index < -0.39 is 0 Å². The van der Waals surface area contributed by atoms with Crippen molar-refractivity contribution < 1.29 is 9.59 Å². The fourth-order valence-corrected chi connectivity index (χ4v) is 3.85. The fraction of sp³-hybridized carbons (Fsp3) is 0.579. The van der Waals surface area contributed by atoms with Gasteiger partial charge in [0.2, 0.25) is 0 Å². The lowest BCUT2D eigenvalue weighted by Gasteiger charge is -2.35. The summed E-state index contributed by atoms with van der Waals surface area (Å²) in [6.07, 6.45) is 5.38. The van der Waals surface area contributed by atoms with E-state index in [0.717, 1.165) is 19.3 Å². The van der Waals surface area contributed by atoms with E-state index in [0.29, 0.717) is 29.8 Å². The van der Waals surface area contributed by atoms with Crippen molar-refractivity contribution in [3.8, 4) is 0 Å². The maximum Gasteiger partial charge on any atom is 0.253 e. The van der Waals surface area contributed by atoms with E-state index in [-0.39, 0.29) is 17.9 Å². The Balaban J connectivity index is 1.69. The number of rotatable bonds is 5. The van der Waals surface area contributed by atoms with Crippen molar-refractivity contribution >= 4 is 11.8 Å². The summed E-state index contributed by atoms with van der Waals surface area (Å²) in [5.41, 5.74) is 1.14. The Labute approximate surface area is 143 Å². The molecule has 2 fully saturated rings. The average Bonchev–Trinajstić information content (AvgIpc) is 2.96. The van der Waals surface area contributed by atoms with Crippen molar-refractivity contribution in [1.82, 2.24) is 15.5 Å². The number of benzene rings is 1. The molecule has 24 heavy (non-hydrogen) atoms. The SMILES string of the molecule is CCCNC(=O)c1cccc(C(=O)N(C)C2CC3CCC(C2)N3)c1. The summed E-state index contributed by atoms with van der Waals surface area (Å²) in [5.74, 6) is -0.111. The fourth-order valence-electron chi connectivity index (χ4n) is 3.85. The van der Waals surface area contributed by atoms with Gasteiger partial charge < -0.3 is 15.5 Å². The number of amides is 2. The largest absolute Gasteiger partial charge is 0.352 e. The lowest BCUT2D eigenvalue weighted by molar-refractivity contribution is 0.0681. The van der Waals surface area contributed by atoms with Gasteiger partial charge in [-0.15, -0.1) is 0 Å². The molecule has 2 bridgehead atoms. The summed E-state index contributed by atoms with van der Waals surface area (Å²) in [6.45, 7) is 2.66. The van der Waals surface area contributed by atoms with Gasteiger partial charge in [-0.1, -0.05) is 13.0 Å². The van der Waals surface area contributed by atoms with Gasteiger partial charge in [-0.3, -0.25) is 9.59 Å². The molecule has 0 spiro atoms. The number of nitrogens with zero attached hydrogens (tertiary/aromatic N) is 1. The van der Waals surface area contributed by atoms with Crippen LogP contribution in [0.25, 0.3) is 0 Å². The van der Waals surface area contributed by atoms with Gasteiger partial charge in [0.1, 0.15) is 0 Å². The summed E-state index contributed by atoms with van der Waals surface area (Å²) in [4.78, 5) is 26.8. The van der Waals surface area contributed by atoms with Crippen LogP contribution in [0.2, 0.25) is 0 Å². The van der Waals surface area contributed by atoms with Crippen molar-refractivity contribution in [2.45, 2.75) is 57.2 Å². The van der Waals surface area contributed by atoms with Gasteiger partial charge in [0.15, 0.2) is 0 Å². The molecular weight excluding hydrogens is 302 g/mol. The summed E-state index contributed by atoms with van der Waals surface area (Å²) in [7, 11) is 1.89. The van der Waals surface area contributed by atoms with Crippen molar-refractivity contribution in [1.29, 1.82) is 0 Å². The minimum absolute atomic E-state index is 0.00596. The minimum atomic E-state index is -0.117. The first-order chi connectivity index (χ1) is 11.6. The Hall–Kier alpha value is -1.88. The predicted octanol–water partition coefficient (Wildman–Crippen LogP) is 2.18. The lowest BCUT2D eigenvalue weighted by atomic mass is 9.97. The third kappa shape index (κ3) is 3.61. The van der Waals surface area contributed by atoms with Crippen molar-refractivity contribution in [2.24, 2.45) is 0 Å². The Bertz CT molecular complexity index is 604. The van der Waals surface area contributed by atoms with Gasteiger partial charge in [-0.2, -0.15) is 0 Å². The third-order valence-corrected chi connectivity index (χ3v) is 5.22. The molecule has 0 aromatic heterocycles. The molecule has 0 radical (unpaired) electrons. The molecule has 5 nitrogen and oxygen atoms in total. The van der Waals surface area contributed by atoms with Crippen LogP contribution in [-0.2, 0) is 0 Å². The number of piperidine rings is 1. The zero-order valence-corrected chi connectivity index (χ0v) is 14.5. The maximum atomic E-state index is 12.8. The van der Waals surface area contributed by atoms with Gasteiger partial charge in [-0.05, 0) is 50.3 Å². The molecule has 2 N–H and O–H groups in total. The minimum Gasteiger partial charge on any atom is -0.352 e. The van der Waals surface area contributed by atoms with Crippen LogP contribution >= 0.6 is 0 Å². The zero-order valence-electron chi connectivity index (χ0n) is 14.5. The van der Waals surface area contributed by atoms with E-state index in [1.165, 1.54) is 12.8 Å². The number of carbonyl (C=O) groups excluding carboxylic acids is 2. The van der Waals surface area contributed by atoms with Crippen LogP contribution in [0.3, 0.4) is 0 Å². The number of carbonyl (C=O) groups is 2. The molecule has 0 aliphatic carbocycles. The van der Waals surface area contributed by atoms with Crippen LogP contribution in [-0.4, -0.2) is 48.4 Å². The van der Waals surface area contributed by atoms with Crippen molar-refractivity contribution in [3.63, 3.8) is 0 Å². The second-order valence-corrected chi connectivity index (χ2v) is 7.02. The molecule has 2 atom stereocenters. The first kappa shape index (κ1) is 17.0. The van der Waals surface area contributed by atoms with Gasteiger partial charge in [0, 0.05) is 42.8 Å². The van der Waals surface area contributed by atoms with E-state index in [1.807, 2.05) is 18.9 Å². The Morgan fingerprint density at radius 2 is 1.88 bits per heavy atom. The summed E-state index contributed by atoms with van der Waals surface area (Å²) in [6, 6.07) is 8.43. The number of hydrogen-bond acceptors (Lipinski definition) is 3. The smallest absolute Gasteiger partial charge is 0.253 e. The summed E-state index contributed by atoms with van der Waals surface area (Å²) >= 11 is 0. The van der Waals surface area contributed by atoms with E-state index in [4.69, 9.17) is 0 Å². The van der Waals surface area contributed by atoms with E-state index in [9.17, 15) is 9.59 Å². The van der Waals surface area contributed by atoms with Crippen LogP contribution in [0.15, 0.2) is 24.3 Å². The van der Waals surface area contributed by atoms with Crippen LogP contribution in [0.1, 0.15) is 59.7 Å². The number of hydrogen-bond donors (Lipinski definition) is 2.